The van der Waals surface area contributed by atoms with Gasteiger partial charge in [0.25, 0.3) is 0 Å². The molecule has 1 atom stereocenters. The normalized spacial score (nSPS) is 15.0. The van der Waals surface area contributed by atoms with Gasteiger partial charge in [0.15, 0.2) is 0 Å². The van der Waals surface area contributed by atoms with Gasteiger partial charge in [0, 0.05) is 18.4 Å². The summed E-state index contributed by atoms with van der Waals surface area (Å²) in [5.41, 5.74) is -0.0994. The van der Waals surface area contributed by atoms with Crippen molar-refractivity contribution in [3.05, 3.63) is 0 Å². The summed E-state index contributed by atoms with van der Waals surface area (Å²) in [5, 5.41) is 12.8. The molecule has 0 heterocycles. The minimum Gasteiger partial charge on any atom is -0.394 e. The lowest BCUT2D eigenvalue weighted by Gasteiger charge is -2.28. The zero-order valence-electron chi connectivity index (χ0n) is 10.9. The smallest absolute Gasteiger partial charge is 0.0610 e. The number of nitrogens with one attached hydrogen (secondary N) is 1. The predicted octanol–water partition coefficient (Wildman–Crippen LogP) is 1.90. The number of hydrogen-bond acceptors (Lipinski definition) is 4. The zero-order valence-corrected chi connectivity index (χ0v) is 11.7. The molecule has 0 aliphatic carbocycles. The second-order valence-corrected chi connectivity index (χ2v) is 5.58. The Bertz CT molecular complexity index is 158. The molecule has 0 saturated carbocycles. The van der Waals surface area contributed by atoms with Gasteiger partial charge in [-0.15, -0.1) is 0 Å². The van der Waals surface area contributed by atoms with Gasteiger partial charge < -0.3 is 15.2 Å². The molecule has 0 aromatic heterocycles. The van der Waals surface area contributed by atoms with Crippen LogP contribution in [0.25, 0.3) is 0 Å². The summed E-state index contributed by atoms with van der Waals surface area (Å²) in [5.74, 6) is 2.21. The first-order valence-corrected chi connectivity index (χ1v) is 7.26. The van der Waals surface area contributed by atoms with Gasteiger partial charge in [0.2, 0.25) is 0 Å². The summed E-state index contributed by atoms with van der Waals surface area (Å²) in [4.78, 5) is 0. The lowest BCUT2D eigenvalue weighted by Crippen LogP contribution is -2.46. The lowest BCUT2D eigenvalue weighted by atomic mass is 9.97. The maximum atomic E-state index is 9.36. The summed E-state index contributed by atoms with van der Waals surface area (Å²) >= 11 is 1.92. The first-order chi connectivity index (χ1) is 7.68. The number of methoxy groups -OCH3 is 1. The fourth-order valence-corrected chi connectivity index (χ4v) is 2.30. The van der Waals surface area contributed by atoms with Crippen LogP contribution < -0.4 is 5.32 Å². The van der Waals surface area contributed by atoms with E-state index in [2.05, 4.69) is 19.2 Å². The molecule has 0 bridgehead atoms. The van der Waals surface area contributed by atoms with Gasteiger partial charge in [0.05, 0.1) is 13.2 Å². The maximum Gasteiger partial charge on any atom is 0.0610 e. The molecule has 0 spiro atoms. The summed E-state index contributed by atoms with van der Waals surface area (Å²) < 4.78 is 4.99. The minimum atomic E-state index is -0.0994. The number of rotatable bonds is 11. The Morgan fingerprint density at radius 2 is 2.12 bits per heavy atom. The van der Waals surface area contributed by atoms with Crippen LogP contribution in [0.4, 0.5) is 0 Å². The fourth-order valence-electron chi connectivity index (χ4n) is 1.46. The van der Waals surface area contributed by atoms with Crippen LogP contribution in [0.2, 0.25) is 0 Å². The van der Waals surface area contributed by atoms with E-state index in [1.165, 1.54) is 0 Å². The Balaban J connectivity index is 3.53. The maximum absolute atomic E-state index is 9.36. The van der Waals surface area contributed by atoms with E-state index in [9.17, 15) is 5.11 Å². The molecule has 0 rings (SSSR count). The van der Waals surface area contributed by atoms with Crippen LogP contribution in [0.1, 0.15) is 33.1 Å². The zero-order chi connectivity index (χ0) is 12.3. The largest absolute Gasteiger partial charge is 0.394 e. The molecule has 0 aromatic carbocycles. The molecule has 1 unspecified atom stereocenters. The van der Waals surface area contributed by atoms with Crippen molar-refractivity contribution in [3.63, 3.8) is 0 Å². The molecule has 2 N–H and O–H groups in total. The van der Waals surface area contributed by atoms with Crippen molar-refractivity contribution in [1.82, 2.24) is 5.32 Å². The second-order valence-electron chi connectivity index (χ2n) is 4.35. The number of thioether (sulfide) groups is 1. The van der Waals surface area contributed by atoms with Gasteiger partial charge in [0.1, 0.15) is 0 Å². The average molecular weight is 249 g/mol. The Hall–Kier alpha value is 0.230. The van der Waals surface area contributed by atoms with Crippen molar-refractivity contribution in [2.75, 3.05) is 38.4 Å². The molecule has 3 nitrogen and oxygen atoms in total. The molecule has 0 radical (unpaired) electrons. The van der Waals surface area contributed by atoms with Crippen molar-refractivity contribution in [2.45, 2.75) is 38.6 Å². The van der Waals surface area contributed by atoms with Crippen molar-refractivity contribution in [1.29, 1.82) is 0 Å². The van der Waals surface area contributed by atoms with Crippen LogP contribution in [0.15, 0.2) is 0 Å². The number of aliphatic hydroxyl groups is 1. The number of ether oxygens (including phenoxy) is 1. The Morgan fingerprint density at radius 1 is 1.38 bits per heavy atom. The van der Waals surface area contributed by atoms with E-state index < -0.39 is 0 Å². The molecule has 4 heteroatoms. The molecular weight excluding hydrogens is 222 g/mol. The first kappa shape index (κ1) is 16.2. The highest BCUT2D eigenvalue weighted by molar-refractivity contribution is 7.99. The number of hydrogen-bond donors (Lipinski definition) is 2. The van der Waals surface area contributed by atoms with E-state index in [4.69, 9.17) is 4.74 Å². The summed E-state index contributed by atoms with van der Waals surface area (Å²) in [6.45, 7) is 6.27. The van der Waals surface area contributed by atoms with E-state index in [0.29, 0.717) is 0 Å². The van der Waals surface area contributed by atoms with Gasteiger partial charge >= 0.3 is 0 Å². The topological polar surface area (TPSA) is 41.5 Å². The monoisotopic (exact) mass is 249 g/mol. The van der Waals surface area contributed by atoms with Crippen molar-refractivity contribution in [3.8, 4) is 0 Å². The molecule has 0 saturated heterocycles. The van der Waals surface area contributed by atoms with E-state index in [1.807, 2.05) is 11.8 Å². The quantitative estimate of drug-likeness (QED) is 0.549. The first-order valence-electron chi connectivity index (χ1n) is 6.11. The van der Waals surface area contributed by atoms with Gasteiger partial charge in [-0.3, -0.25) is 0 Å². The molecule has 0 aromatic rings. The van der Waals surface area contributed by atoms with Crippen LogP contribution in [0.3, 0.4) is 0 Å². The van der Waals surface area contributed by atoms with Gasteiger partial charge in [-0.25, -0.2) is 0 Å². The van der Waals surface area contributed by atoms with Crippen LogP contribution in [-0.4, -0.2) is 49.0 Å². The summed E-state index contributed by atoms with van der Waals surface area (Å²) in [6, 6.07) is 0. The van der Waals surface area contributed by atoms with Crippen molar-refractivity contribution < 1.29 is 9.84 Å². The highest BCUT2D eigenvalue weighted by Gasteiger charge is 2.21. The predicted molar refractivity (Wildman–Crippen MR) is 72.2 cm³/mol. The van der Waals surface area contributed by atoms with Gasteiger partial charge in [-0.2, -0.15) is 11.8 Å². The third-order valence-electron chi connectivity index (χ3n) is 2.60. The van der Waals surface area contributed by atoms with E-state index in [1.54, 1.807) is 7.11 Å². The fraction of sp³-hybridized carbons (Fsp3) is 1.00. The van der Waals surface area contributed by atoms with Gasteiger partial charge in [-0.05, 0) is 38.5 Å². The van der Waals surface area contributed by atoms with Crippen molar-refractivity contribution in [2.24, 2.45) is 0 Å². The van der Waals surface area contributed by atoms with E-state index >= 15 is 0 Å². The molecular formula is C12H27NO2S. The van der Waals surface area contributed by atoms with Gasteiger partial charge in [-0.1, -0.05) is 6.92 Å². The average Bonchev–Trinajstić information content (AvgIpc) is 2.31. The molecule has 16 heavy (non-hydrogen) atoms. The second kappa shape index (κ2) is 10.4. The lowest BCUT2D eigenvalue weighted by molar-refractivity contribution is 0.165. The van der Waals surface area contributed by atoms with Crippen LogP contribution >= 0.6 is 11.8 Å². The van der Waals surface area contributed by atoms with E-state index in [-0.39, 0.29) is 12.1 Å². The minimum absolute atomic E-state index is 0.0994. The van der Waals surface area contributed by atoms with Crippen LogP contribution in [-0.2, 0) is 4.74 Å². The third-order valence-corrected chi connectivity index (χ3v) is 3.63. The van der Waals surface area contributed by atoms with Crippen molar-refractivity contribution >= 4 is 11.8 Å². The van der Waals surface area contributed by atoms with E-state index in [0.717, 1.165) is 43.9 Å². The van der Waals surface area contributed by atoms with Crippen LogP contribution in [0.5, 0.6) is 0 Å². The highest BCUT2D eigenvalue weighted by atomic mass is 32.2. The SMILES string of the molecule is CCCNC(C)(CO)CCCSCCOC. The Morgan fingerprint density at radius 3 is 2.69 bits per heavy atom. The third kappa shape index (κ3) is 8.39. The molecule has 98 valence electrons. The summed E-state index contributed by atoms with van der Waals surface area (Å²) in [6.07, 6.45) is 3.28. The number of aliphatic hydroxyl groups excluding tert-OH is 1. The Kier molecular flexibility index (Phi) is 10.5. The summed E-state index contributed by atoms with van der Waals surface area (Å²) in [7, 11) is 1.73. The standard InChI is InChI=1S/C12H27NO2S/c1-4-7-13-12(2,11-14)6-5-9-16-10-8-15-3/h13-14H,4-11H2,1-3H3. The molecule has 0 amide bonds. The van der Waals surface area contributed by atoms with Crippen LogP contribution in [0, 0.1) is 0 Å². The highest BCUT2D eigenvalue weighted by Crippen LogP contribution is 2.14. The molecule has 0 aliphatic rings. The molecule has 0 aliphatic heterocycles. The molecule has 0 fully saturated rings. The Labute approximate surface area is 104 Å².